The van der Waals surface area contributed by atoms with E-state index >= 15 is 0 Å². The molecule has 15 heavy (non-hydrogen) atoms. The highest BCUT2D eigenvalue weighted by Crippen LogP contribution is 2.40. The Morgan fingerprint density at radius 3 is 2.73 bits per heavy atom. The lowest BCUT2D eigenvalue weighted by atomic mass is 9.84. The van der Waals surface area contributed by atoms with E-state index in [1.807, 2.05) is 0 Å². The molecule has 2 N–H and O–H groups in total. The SMILES string of the molecule is CC1(C)CCCOC1([SiH3])OCC(O)CO. The maximum Gasteiger partial charge on any atom is 0.146 e. The molecule has 90 valence electrons. The van der Waals surface area contributed by atoms with Crippen molar-refractivity contribution in [2.24, 2.45) is 5.41 Å². The predicted molar refractivity (Wildman–Crippen MR) is 60.7 cm³/mol. The van der Waals surface area contributed by atoms with E-state index < -0.39 is 11.5 Å². The van der Waals surface area contributed by atoms with Gasteiger partial charge in [0.05, 0.1) is 23.5 Å². The zero-order valence-corrected chi connectivity index (χ0v) is 11.8. The third kappa shape index (κ3) is 3.01. The summed E-state index contributed by atoms with van der Waals surface area (Å²) in [4.78, 5) is 0. The third-order valence-corrected chi connectivity index (χ3v) is 5.25. The molecule has 2 unspecified atom stereocenters. The zero-order valence-electron chi connectivity index (χ0n) is 9.82. The molecule has 1 heterocycles. The van der Waals surface area contributed by atoms with Crippen molar-refractivity contribution in [2.75, 3.05) is 19.8 Å². The van der Waals surface area contributed by atoms with E-state index in [0.717, 1.165) is 29.7 Å². The van der Waals surface area contributed by atoms with Gasteiger partial charge < -0.3 is 19.7 Å². The van der Waals surface area contributed by atoms with Crippen molar-refractivity contribution in [3.63, 3.8) is 0 Å². The first-order valence-corrected chi connectivity index (χ1v) is 6.48. The average Bonchev–Trinajstić information content (AvgIpc) is 2.19. The normalized spacial score (nSPS) is 32.8. The molecule has 0 bridgehead atoms. The predicted octanol–water partition coefficient (Wildman–Crippen LogP) is -0.788. The van der Waals surface area contributed by atoms with Crippen molar-refractivity contribution in [3.8, 4) is 0 Å². The number of aliphatic hydroxyl groups is 2. The Kier molecular flexibility index (Phi) is 4.31. The lowest BCUT2D eigenvalue weighted by Gasteiger charge is -2.47. The largest absolute Gasteiger partial charge is 0.394 e. The Hall–Kier alpha value is 0.0569. The molecule has 1 saturated heterocycles. The molecule has 0 aromatic rings. The summed E-state index contributed by atoms with van der Waals surface area (Å²) < 4.78 is 11.4. The molecule has 1 aliphatic rings. The Morgan fingerprint density at radius 1 is 1.53 bits per heavy atom. The first-order valence-electron chi connectivity index (χ1n) is 5.48. The van der Waals surface area contributed by atoms with Crippen LogP contribution in [-0.4, -0.2) is 51.8 Å². The molecular weight excluding hydrogens is 212 g/mol. The molecule has 0 radical (unpaired) electrons. The summed E-state index contributed by atoms with van der Waals surface area (Å²) >= 11 is 0. The van der Waals surface area contributed by atoms with Crippen LogP contribution < -0.4 is 0 Å². The summed E-state index contributed by atoms with van der Waals surface area (Å²) in [6.45, 7) is 4.86. The maximum absolute atomic E-state index is 9.26. The molecule has 0 saturated carbocycles. The second kappa shape index (κ2) is 4.93. The number of aliphatic hydroxyl groups excluding tert-OH is 2. The molecule has 2 atom stereocenters. The Morgan fingerprint density at radius 2 is 2.20 bits per heavy atom. The highest BCUT2D eigenvalue weighted by Gasteiger charge is 2.45. The molecule has 0 aliphatic carbocycles. The molecule has 0 amide bonds. The Labute approximate surface area is 94.0 Å². The summed E-state index contributed by atoms with van der Waals surface area (Å²) in [5.41, 5.74) is -0.534. The molecular formula is C10H22O4Si. The van der Waals surface area contributed by atoms with E-state index in [9.17, 15) is 5.11 Å². The fourth-order valence-corrected chi connectivity index (χ4v) is 2.37. The van der Waals surface area contributed by atoms with Crippen LogP contribution >= 0.6 is 0 Å². The van der Waals surface area contributed by atoms with Gasteiger partial charge in [-0.25, -0.2) is 0 Å². The first-order chi connectivity index (χ1) is 6.91. The summed E-state index contributed by atoms with van der Waals surface area (Å²) in [6, 6.07) is 0. The van der Waals surface area contributed by atoms with Crippen LogP contribution in [0, 0.1) is 5.41 Å². The van der Waals surface area contributed by atoms with Gasteiger partial charge in [-0.3, -0.25) is 0 Å². The number of ether oxygens (including phenoxy) is 2. The summed E-state index contributed by atoms with van der Waals surface area (Å²) in [5.74, 6) is 0. The standard InChI is InChI=1S/C10H22O4Si/c1-9(2)4-3-5-13-10(9,15)14-7-8(12)6-11/h8,11-12H,3-7H2,1-2,15H3. The van der Waals surface area contributed by atoms with Crippen LogP contribution in [0.2, 0.25) is 0 Å². The second-order valence-electron chi connectivity index (χ2n) is 4.93. The fourth-order valence-electron chi connectivity index (χ4n) is 1.75. The van der Waals surface area contributed by atoms with Gasteiger partial charge in [-0.2, -0.15) is 0 Å². The van der Waals surface area contributed by atoms with Crippen molar-refractivity contribution in [1.82, 2.24) is 0 Å². The van der Waals surface area contributed by atoms with Crippen molar-refractivity contribution in [3.05, 3.63) is 0 Å². The van der Waals surface area contributed by atoms with Gasteiger partial charge in [-0.05, 0) is 12.8 Å². The van der Waals surface area contributed by atoms with Gasteiger partial charge in [0.25, 0.3) is 0 Å². The van der Waals surface area contributed by atoms with Gasteiger partial charge in [0.15, 0.2) is 0 Å². The molecule has 1 fully saturated rings. The molecule has 0 spiro atoms. The quantitative estimate of drug-likeness (QED) is 0.626. The summed E-state index contributed by atoms with van der Waals surface area (Å²) in [6.07, 6.45) is 1.33. The van der Waals surface area contributed by atoms with Gasteiger partial charge in [0.2, 0.25) is 0 Å². The van der Waals surface area contributed by atoms with E-state index in [-0.39, 0.29) is 18.6 Å². The molecule has 4 nitrogen and oxygen atoms in total. The molecule has 5 heteroatoms. The van der Waals surface area contributed by atoms with Crippen LogP contribution in [-0.2, 0) is 9.47 Å². The summed E-state index contributed by atoms with van der Waals surface area (Å²) in [7, 11) is 0.759. The molecule has 0 aromatic heterocycles. The number of hydrogen-bond donors (Lipinski definition) is 2. The van der Waals surface area contributed by atoms with E-state index in [4.69, 9.17) is 14.6 Å². The fraction of sp³-hybridized carbons (Fsp3) is 1.00. The van der Waals surface area contributed by atoms with Crippen LogP contribution in [0.15, 0.2) is 0 Å². The van der Waals surface area contributed by atoms with Crippen molar-refractivity contribution in [1.29, 1.82) is 0 Å². The van der Waals surface area contributed by atoms with Crippen LogP contribution in [0.5, 0.6) is 0 Å². The topological polar surface area (TPSA) is 58.9 Å². The van der Waals surface area contributed by atoms with Gasteiger partial charge in [-0.1, -0.05) is 13.8 Å². The molecule has 0 aromatic carbocycles. The highest BCUT2D eigenvalue weighted by molar-refractivity contribution is 6.14. The van der Waals surface area contributed by atoms with E-state index in [0.29, 0.717) is 0 Å². The van der Waals surface area contributed by atoms with Gasteiger partial charge in [0, 0.05) is 12.0 Å². The molecule has 1 rings (SSSR count). The van der Waals surface area contributed by atoms with E-state index in [2.05, 4.69) is 13.8 Å². The van der Waals surface area contributed by atoms with Crippen LogP contribution in [0.3, 0.4) is 0 Å². The van der Waals surface area contributed by atoms with Crippen LogP contribution in [0.4, 0.5) is 0 Å². The minimum atomic E-state index is -0.808. The van der Waals surface area contributed by atoms with Crippen LogP contribution in [0.1, 0.15) is 26.7 Å². The third-order valence-electron chi connectivity index (χ3n) is 3.31. The average molecular weight is 234 g/mol. The molecule has 1 aliphatic heterocycles. The van der Waals surface area contributed by atoms with Gasteiger partial charge in [0.1, 0.15) is 11.5 Å². The van der Waals surface area contributed by atoms with Gasteiger partial charge >= 0.3 is 0 Å². The zero-order chi connectivity index (χ0) is 11.5. The van der Waals surface area contributed by atoms with Crippen molar-refractivity contribution in [2.45, 2.75) is 38.2 Å². The lowest BCUT2D eigenvalue weighted by molar-refractivity contribution is -0.265. The van der Waals surface area contributed by atoms with Crippen LogP contribution in [0.25, 0.3) is 0 Å². The monoisotopic (exact) mass is 234 g/mol. The summed E-state index contributed by atoms with van der Waals surface area (Å²) in [5, 5.41) is 18.0. The lowest BCUT2D eigenvalue weighted by Crippen LogP contribution is -2.54. The Balaban J connectivity index is 2.55. The van der Waals surface area contributed by atoms with Crippen molar-refractivity contribution >= 4 is 10.2 Å². The number of hydrogen-bond acceptors (Lipinski definition) is 4. The van der Waals surface area contributed by atoms with E-state index in [1.54, 1.807) is 0 Å². The first kappa shape index (κ1) is 13.1. The minimum Gasteiger partial charge on any atom is -0.394 e. The van der Waals surface area contributed by atoms with E-state index in [1.165, 1.54) is 0 Å². The smallest absolute Gasteiger partial charge is 0.146 e. The second-order valence-corrected chi connectivity index (χ2v) is 6.25. The Bertz CT molecular complexity index is 210. The number of rotatable bonds is 4. The van der Waals surface area contributed by atoms with Gasteiger partial charge in [-0.15, -0.1) is 0 Å². The minimum absolute atomic E-state index is 0.00729. The maximum atomic E-state index is 9.26. The highest BCUT2D eigenvalue weighted by atomic mass is 28.1. The van der Waals surface area contributed by atoms with Crippen molar-refractivity contribution < 1.29 is 19.7 Å².